The molecule has 3 nitrogen and oxygen atoms in total. The van der Waals surface area contributed by atoms with Crippen LogP contribution in [0.4, 0.5) is 17.6 Å². The van der Waals surface area contributed by atoms with Gasteiger partial charge in [-0.25, -0.2) is 8.78 Å². The maximum absolute atomic E-state index is 15.0. The first-order valence-corrected chi connectivity index (χ1v) is 13.6. The third kappa shape index (κ3) is 6.31. The van der Waals surface area contributed by atoms with Crippen LogP contribution in [0.15, 0.2) is 42.5 Å². The van der Waals surface area contributed by atoms with Crippen molar-refractivity contribution in [2.24, 2.45) is 29.6 Å². The Morgan fingerprint density at radius 1 is 0.757 bits per heavy atom. The van der Waals surface area contributed by atoms with E-state index in [1.54, 1.807) is 0 Å². The van der Waals surface area contributed by atoms with Gasteiger partial charge in [-0.15, -0.1) is 0 Å². The Morgan fingerprint density at radius 2 is 1.38 bits per heavy atom. The molecule has 7 heteroatoms. The lowest BCUT2D eigenvalue weighted by molar-refractivity contribution is -0.251. The molecule has 0 amide bonds. The quantitative estimate of drug-likeness (QED) is 0.359. The van der Waals surface area contributed by atoms with Crippen LogP contribution in [-0.4, -0.2) is 25.6 Å². The second kappa shape index (κ2) is 11.3. The van der Waals surface area contributed by atoms with E-state index in [1.165, 1.54) is 62.1 Å². The highest BCUT2D eigenvalue weighted by molar-refractivity contribution is 5.64. The highest BCUT2D eigenvalue weighted by Crippen LogP contribution is 2.43. The first-order valence-electron chi connectivity index (χ1n) is 13.6. The monoisotopic (exact) mass is 520 g/mol. The molecule has 2 aromatic carbocycles. The molecule has 0 N–H and O–H groups in total. The van der Waals surface area contributed by atoms with Gasteiger partial charge in [0.15, 0.2) is 6.29 Å². The maximum atomic E-state index is 15.0. The highest BCUT2D eigenvalue weighted by Gasteiger charge is 2.46. The molecule has 1 aliphatic heterocycles. The van der Waals surface area contributed by atoms with Crippen molar-refractivity contribution in [3.63, 3.8) is 0 Å². The molecule has 1 saturated heterocycles. The van der Waals surface area contributed by atoms with Crippen molar-refractivity contribution in [1.82, 2.24) is 0 Å². The van der Waals surface area contributed by atoms with Crippen molar-refractivity contribution in [3.8, 4) is 16.9 Å². The molecule has 2 saturated carbocycles. The largest absolute Gasteiger partial charge is 0.432 e. The van der Waals surface area contributed by atoms with Gasteiger partial charge in [-0.3, -0.25) is 0 Å². The third-order valence-electron chi connectivity index (χ3n) is 8.66. The van der Waals surface area contributed by atoms with E-state index < -0.39 is 23.7 Å². The standard InChI is InChI=1S/C30H36F4O3/c1-19-2-4-20(5-3-19)23-17-35-29(36-18-23)22-6-10-24(11-7-22)30(33,34)37-26-14-15-27(28(32)16-26)21-8-12-25(31)13-9-21/h8-9,12-16,19-20,22-24,29H,2-7,10-11,17-18H2,1H3. The number of benzene rings is 2. The van der Waals surface area contributed by atoms with Crippen molar-refractivity contribution in [2.75, 3.05) is 13.2 Å². The predicted octanol–water partition coefficient (Wildman–Crippen LogP) is 8.23. The fraction of sp³-hybridized carbons (Fsp3) is 0.600. The zero-order valence-electron chi connectivity index (χ0n) is 21.3. The van der Waals surface area contributed by atoms with E-state index in [1.807, 2.05) is 0 Å². The minimum Gasteiger partial charge on any atom is -0.432 e. The minimum atomic E-state index is -3.41. The van der Waals surface area contributed by atoms with Crippen LogP contribution in [0.5, 0.6) is 5.75 Å². The molecule has 0 unspecified atom stereocenters. The topological polar surface area (TPSA) is 27.7 Å². The average molecular weight is 521 g/mol. The van der Waals surface area contributed by atoms with Gasteiger partial charge in [0.05, 0.1) is 19.1 Å². The van der Waals surface area contributed by atoms with Crippen LogP contribution >= 0.6 is 0 Å². The first-order chi connectivity index (χ1) is 17.8. The van der Waals surface area contributed by atoms with Crippen LogP contribution in [0.2, 0.25) is 0 Å². The summed E-state index contributed by atoms with van der Waals surface area (Å²) in [4.78, 5) is 0. The summed E-state index contributed by atoms with van der Waals surface area (Å²) in [5.74, 6) is -0.291. The van der Waals surface area contributed by atoms with E-state index in [2.05, 4.69) is 6.92 Å². The lowest BCUT2D eigenvalue weighted by Gasteiger charge is -2.41. The number of rotatable bonds is 6. The summed E-state index contributed by atoms with van der Waals surface area (Å²) >= 11 is 0. The van der Waals surface area contributed by atoms with Gasteiger partial charge in [-0.1, -0.05) is 31.9 Å². The molecule has 3 fully saturated rings. The minimum absolute atomic E-state index is 0.104. The van der Waals surface area contributed by atoms with Crippen LogP contribution in [0.25, 0.3) is 11.1 Å². The molecule has 0 spiro atoms. The van der Waals surface area contributed by atoms with E-state index in [4.69, 9.17) is 14.2 Å². The van der Waals surface area contributed by atoms with Crippen LogP contribution in [-0.2, 0) is 9.47 Å². The van der Waals surface area contributed by atoms with Crippen LogP contribution in [0.1, 0.15) is 58.3 Å². The molecule has 3 aliphatic rings. The summed E-state index contributed by atoms with van der Waals surface area (Å²) in [7, 11) is 0. The van der Waals surface area contributed by atoms with Gasteiger partial charge < -0.3 is 14.2 Å². The van der Waals surface area contributed by atoms with E-state index in [-0.39, 0.29) is 23.5 Å². The zero-order chi connectivity index (χ0) is 26.0. The van der Waals surface area contributed by atoms with Crippen LogP contribution < -0.4 is 4.74 Å². The third-order valence-corrected chi connectivity index (χ3v) is 8.66. The summed E-state index contributed by atoms with van der Waals surface area (Å²) in [6.45, 7) is 3.71. The Hall–Kier alpha value is -2.12. The van der Waals surface area contributed by atoms with E-state index >= 15 is 0 Å². The smallest absolute Gasteiger partial charge is 0.400 e. The highest BCUT2D eigenvalue weighted by atomic mass is 19.3. The molecule has 202 valence electrons. The summed E-state index contributed by atoms with van der Waals surface area (Å²) in [5.41, 5.74) is 0.659. The van der Waals surface area contributed by atoms with E-state index in [0.717, 1.165) is 12.0 Å². The van der Waals surface area contributed by atoms with Crippen molar-refractivity contribution < 1.29 is 31.8 Å². The lowest BCUT2D eigenvalue weighted by Crippen LogP contribution is -2.43. The summed E-state index contributed by atoms with van der Waals surface area (Å²) in [5, 5.41) is 0. The first kappa shape index (κ1) is 26.5. The number of alkyl halides is 2. The normalized spacial score (nSPS) is 31.2. The Labute approximate surface area is 216 Å². The Morgan fingerprint density at radius 3 is 2.00 bits per heavy atom. The molecule has 1 heterocycles. The Kier molecular flexibility index (Phi) is 8.10. The van der Waals surface area contributed by atoms with Gasteiger partial charge >= 0.3 is 6.11 Å². The van der Waals surface area contributed by atoms with Gasteiger partial charge in [-0.05, 0) is 80.2 Å². The second-order valence-electron chi connectivity index (χ2n) is 11.2. The van der Waals surface area contributed by atoms with Crippen LogP contribution in [0, 0.1) is 41.2 Å². The van der Waals surface area contributed by atoms with Crippen LogP contribution in [0.3, 0.4) is 0 Å². The van der Waals surface area contributed by atoms with Gasteiger partial charge in [0, 0.05) is 23.5 Å². The molecular formula is C30H36F4O3. The maximum Gasteiger partial charge on any atom is 0.400 e. The van der Waals surface area contributed by atoms with Crippen molar-refractivity contribution in [2.45, 2.75) is 70.7 Å². The van der Waals surface area contributed by atoms with Gasteiger partial charge in [0.2, 0.25) is 0 Å². The second-order valence-corrected chi connectivity index (χ2v) is 11.2. The molecule has 0 aromatic heterocycles. The summed E-state index contributed by atoms with van der Waals surface area (Å²) < 4.78 is 75.0. The molecule has 0 atom stereocenters. The Balaban J connectivity index is 1.11. The fourth-order valence-corrected chi connectivity index (χ4v) is 6.23. The van der Waals surface area contributed by atoms with Crippen molar-refractivity contribution in [3.05, 3.63) is 54.1 Å². The molecule has 2 aromatic rings. The molecule has 0 radical (unpaired) electrons. The number of halogens is 4. The summed E-state index contributed by atoms with van der Waals surface area (Å²) in [6, 6.07) is 9.00. The number of hydrogen-bond donors (Lipinski definition) is 0. The van der Waals surface area contributed by atoms with E-state index in [9.17, 15) is 17.6 Å². The molecule has 37 heavy (non-hydrogen) atoms. The molecule has 5 rings (SSSR count). The Bertz CT molecular complexity index is 1020. The van der Waals surface area contributed by atoms with Crippen molar-refractivity contribution in [1.29, 1.82) is 0 Å². The molecular weight excluding hydrogens is 484 g/mol. The van der Waals surface area contributed by atoms with Crippen molar-refractivity contribution >= 4 is 0 Å². The average Bonchev–Trinajstić information content (AvgIpc) is 2.90. The molecule has 0 bridgehead atoms. The summed E-state index contributed by atoms with van der Waals surface area (Å²) in [6.07, 6.45) is 3.04. The predicted molar refractivity (Wildman–Crippen MR) is 133 cm³/mol. The van der Waals surface area contributed by atoms with Gasteiger partial charge in [0.1, 0.15) is 17.4 Å². The SMILES string of the molecule is CC1CCC(C2COC(C3CCC(C(F)(F)Oc4ccc(-c5ccc(F)cc5)c(F)c4)CC3)OC2)CC1. The van der Waals surface area contributed by atoms with Gasteiger partial charge in [0.25, 0.3) is 0 Å². The zero-order valence-corrected chi connectivity index (χ0v) is 21.3. The molecule has 2 aliphatic carbocycles. The van der Waals surface area contributed by atoms with Gasteiger partial charge in [-0.2, -0.15) is 8.78 Å². The lowest BCUT2D eigenvalue weighted by atomic mass is 9.76. The fourth-order valence-electron chi connectivity index (χ4n) is 6.23. The number of hydrogen-bond acceptors (Lipinski definition) is 3. The number of ether oxygens (including phenoxy) is 3. The van der Waals surface area contributed by atoms with E-state index in [0.29, 0.717) is 56.3 Å².